The number of H-pyrrole nitrogens is 1. The van der Waals surface area contributed by atoms with Gasteiger partial charge in [-0.3, -0.25) is 5.10 Å². The summed E-state index contributed by atoms with van der Waals surface area (Å²) in [7, 11) is -3.87. The number of hydrogen-bond acceptors (Lipinski definition) is 5. The first kappa shape index (κ1) is 24.9. The minimum Gasteiger partial charge on any atom is -0.374 e. The van der Waals surface area contributed by atoms with Gasteiger partial charge >= 0.3 is 0 Å². The standard InChI is InChI=1S/C32H30N4O2S/c1-2-31(28-14-8-12-25-11-6-7-13-27(25)28)39(37,38)32-29-23-26(15-16-30(29)33-34-32)36-21-19-35(20-22-36)18-17-24-9-4-3-5-10-24/h2-18,23,31H,1,19-22H2,(H,33,34). The zero-order valence-corrected chi connectivity index (χ0v) is 22.4. The van der Waals surface area contributed by atoms with E-state index in [-0.39, 0.29) is 5.03 Å². The number of nitrogens with zero attached hydrogens (tertiary/aromatic N) is 3. The minimum absolute atomic E-state index is 0.0571. The number of rotatable bonds is 7. The summed E-state index contributed by atoms with van der Waals surface area (Å²) in [6, 6.07) is 29.7. The third kappa shape index (κ3) is 4.81. The molecule has 1 aromatic heterocycles. The average Bonchev–Trinajstić information content (AvgIpc) is 3.42. The SMILES string of the molecule is C=CC(c1cccc2ccccc12)S(=O)(=O)c1n[nH]c2ccc(N3CCN(C=Cc4ccccc4)CC3)cc12. The Bertz CT molecular complexity index is 1760. The van der Waals surface area contributed by atoms with E-state index in [9.17, 15) is 8.42 Å². The zero-order valence-electron chi connectivity index (χ0n) is 21.6. The predicted molar refractivity (Wildman–Crippen MR) is 159 cm³/mol. The molecule has 0 spiro atoms. The van der Waals surface area contributed by atoms with Crippen molar-refractivity contribution in [1.29, 1.82) is 0 Å². The highest BCUT2D eigenvalue weighted by Gasteiger charge is 2.32. The highest BCUT2D eigenvalue weighted by molar-refractivity contribution is 7.92. The molecule has 1 fully saturated rings. The van der Waals surface area contributed by atoms with E-state index in [1.165, 1.54) is 11.6 Å². The number of sulfone groups is 1. The summed E-state index contributed by atoms with van der Waals surface area (Å²) in [4.78, 5) is 4.61. The number of fused-ring (bicyclic) bond motifs is 2. The van der Waals surface area contributed by atoms with Crippen molar-refractivity contribution in [2.24, 2.45) is 0 Å². The molecule has 0 amide bonds. The molecule has 4 aromatic carbocycles. The van der Waals surface area contributed by atoms with Crippen molar-refractivity contribution >= 4 is 43.3 Å². The molecule has 1 saturated heterocycles. The summed E-state index contributed by atoms with van der Waals surface area (Å²) in [5.74, 6) is 0. The number of piperazine rings is 1. The van der Waals surface area contributed by atoms with Crippen LogP contribution in [0.3, 0.4) is 0 Å². The summed E-state index contributed by atoms with van der Waals surface area (Å²) in [5.41, 5.74) is 3.57. The van der Waals surface area contributed by atoms with E-state index >= 15 is 0 Å². The van der Waals surface area contributed by atoms with Crippen LogP contribution in [-0.4, -0.2) is 49.7 Å². The summed E-state index contributed by atoms with van der Waals surface area (Å²) < 4.78 is 28.0. The van der Waals surface area contributed by atoms with Crippen LogP contribution in [0.5, 0.6) is 0 Å². The third-order valence-corrected chi connectivity index (χ3v) is 9.38. The first-order valence-corrected chi connectivity index (χ1v) is 14.6. The normalized spacial score (nSPS) is 15.3. The number of anilines is 1. The van der Waals surface area contributed by atoms with E-state index < -0.39 is 15.1 Å². The molecule has 0 bridgehead atoms. The fraction of sp³-hybridized carbons (Fsp3) is 0.156. The lowest BCUT2D eigenvalue weighted by atomic mass is 10.0. The Hall–Kier alpha value is -4.36. The lowest BCUT2D eigenvalue weighted by molar-refractivity contribution is 0.351. The fourth-order valence-corrected chi connectivity index (χ4v) is 7.00. The van der Waals surface area contributed by atoms with Gasteiger partial charge in [-0.05, 0) is 52.4 Å². The monoisotopic (exact) mass is 534 g/mol. The predicted octanol–water partition coefficient (Wildman–Crippen LogP) is 6.21. The lowest BCUT2D eigenvalue weighted by Crippen LogP contribution is -2.44. The van der Waals surface area contributed by atoms with Crippen LogP contribution >= 0.6 is 0 Å². The highest BCUT2D eigenvalue weighted by Crippen LogP contribution is 2.37. The van der Waals surface area contributed by atoms with E-state index in [0.29, 0.717) is 16.5 Å². The molecule has 0 aliphatic carbocycles. The van der Waals surface area contributed by atoms with E-state index in [1.54, 1.807) is 0 Å². The summed E-state index contributed by atoms with van der Waals surface area (Å²) >= 11 is 0. The number of aromatic nitrogens is 2. The maximum absolute atomic E-state index is 14.0. The average molecular weight is 535 g/mol. The molecule has 5 aromatic rings. The third-order valence-electron chi connectivity index (χ3n) is 7.42. The molecule has 196 valence electrons. The molecule has 1 unspecified atom stereocenters. The molecule has 0 saturated carbocycles. The molecular weight excluding hydrogens is 504 g/mol. The second-order valence-corrected chi connectivity index (χ2v) is 11.8. The van der Waals surface area contributed by atoms with Crippen LogP contribution in [0.4, 0.5) is 5.69 Å². The molecule has 1 N–H and O–H groups in total. The molecular formula is C32H30N4O2S. The van der Waals surface area contributed by atoms with Crippen LogP contribution in [0, 0.1) is 0 Å². The van der Waals surface area contributed by atoms with Gasteiger partial charge < -0.3 is 9.80 Å². The van der Waals surface area contributed by atoms with Crippen LogP contribution in [0.15, 0.2) is 115 Å². The van der Waals surface area contributed by atoms with E-state index in [4.69, 9.17) is 0 Å². The molecule has 0 radical (unpaired) electrons. The number of nitrogens with one attached hydrogen (secondary N) is 1. The van der Waals surface area contributed by atoms with Crippen molar-refractivity contribution in [2.75, 3.05) is 31.1 Å². The maximum Gasteiger partial charge on any atom is 0.208 e. The number of hydrogen-bond donors (Lipinski definition) is 1. The van der Waals surface area contributed by atoms with Crippen LogP contribution in [-0.2, 0) is 9.84 Å². The Morgan fingerprint density at radius 3 is 2.38 bits per heavy atom. The van der Waals surface area contributed by atoms with Gasteiger partial charge in [0.05, 0.1) is 5.52 Å². The van der Waals surface area contributed by atoms with Gasteiger partial charge in [-0.15, -0.1) is 6.58 Å². The van der Waals surface area contributed by atoms with Crippen LogP contribution in [0.1, 0.15) is 16.4 Å². The molecule has 39 heavy (non-hydrogen) atoms. The van der Waals surface area contributed by atoms with E-state index in [2.05, 4.69) is 51.0 Å². The molecule has 7 heteroatoms. The topological polar surface area (TPSA) is 69.3 Å². The fourth-order valence-electron chi connectivity index (χ4n) is 5.32. The van der Waals surface area contributed by atoms with Gasteiger partial charge in [0, 0.05) is 37.3 Å². The van der Waals surface area contributed by atoms with Crippen LogP contribution < -0.4 is 4.90 Å². The van der Waals surface area contributed by atoms with Crippen molar-refractivity contribution < 1.29 is 8.42 Å². The second-order valence-electron chi connectivity index (χ2n) is 9.78. The minimum atomic E-state index is -3.87. The van der Waals surface area contributed by atoms with Gasteiger partial charge in [-0.1, -0.05) is 78.9 Å². The summed E-state index contributed by atoms with van der Waals surface area (Å²) in [6.07, 6.45) is 5.79. The molecule has 1 aliphatic rings. The Morgan fingerprint density at radius 2 is 1.59 bits per heavy atom. The van der Waals surface area contributed by atoms with Crippen molar-refractivity contribution in [2.45, 2.75) is 10.3 Å². The molecule has 1 atom stereocenters. The largest absolute Gasteiger partial charge is 0.374 e. The summed E-state index contributed by atoms with van der Waals surface area (Å²) in [5, 5.41) is 8.86. The van der Waals surface area contributed by atoms with E-state index in [0.717, 1.165) is 42.6 Å². The molecule has 2 heterocycles. The molecule has 6 rings (SSSR count). The van der Waals surface area contributed by atoms with Crippen LogP contribution in [0.25, 0.3) is 27.8 Å². The van der Waals surface area contributed by atoms with Crippen molar-refractivity contribution in [3.05, 3.63) is 121 Å². The Kier molecular flexibility index (Phi) is 6.67. The highest BCUT2D eigenvalue weighted by atomic mass is 32.2. The van der Waals surface area contributed by atoms with E-state index in [1.807, 2.05) is 78.9 Å². The Morgan fingerprint density at radius 1 is 0.846 bits per heavy atom. The van der Waals surface area contributed by atoms with Gasteiger partial charge in [0.25, 0.3) is 0 Å². The van der Waals surface area contributed by atoms with Gasteiger partial charge in [-0.25, -0.2) is 8.42 Å². The second kappa shape index (κ2) is 10.4. The summed E-state index contributed by atoms with van der Waals surface area (Å²) in [6.45, 7) is 7.36. The van der Waals surface area contributed by atoms with Crippen molar-refractivity contribution in [3.63, 3.8) is 0 Å². The van der Waals surface area contributed by atoms with Gasteiger partial charge in [0.2, 0.25) is 9.84 Å². The maximum atomic E-state index is 14.0. The Labute approximate surface area is 228 Å². The molecule has 1 aliphatic heterocycles. The van der Waals surface area contributed by atoms with Crippen LogP contribution in [0.2, 0.25) is 0 Å². The lowest BCUT2D eigenvalue weighted by Gasteiger charge is -2.35. The first-order valence-electron chi connectivity index (χ1n) is 13.1. The molecule has 6 nitrogen and oxygen atoms in total. The number of benzene rings is 4. The Balaban J connectivity index is 1.27. The first-order chi connectivity index (χ1) is 19.0. The quantitative estimate of drug-likeness (QED) is 0.252. The smallest absolute Gasteiger partial charge is 0.208 e. The van der Waals surface area contributed by atoms with Crippen molar-refractivity contribution in [3.8, 4) is 0 Å². The van der Waals surface area contributed by atoms with Gasteiger partial charge in [0.15, 0.2) is 5.03 Å². The van der Waals surface area contributed by atoms with Gasteiger partial charge in [-0.2, -0.15) is 5.10 Å². The zero-order chi connectivity index (χ0) is 26.8. The number of aromatic amines is 1. The van der Waals surface area contributed by atoms with Gasteiger partial charge in [0.1, 0.15) is 5.25 Å². The van der Waals surface area contributed by atoms with Crippen molar-refractivity contribution in [1.82, 2.24) is 15.1 Å².